The molecule has 2 fully saturated rings. The predicted molar refractivity (Wildman–Crippen MR) is 123 cm³/mol. The Labute approximate surface area is 189 Å². The lowest BCUT2D eigenvalue weighted by Gasteiger charge is -2.44. The molecule has 3 amide bonds. The molecule has 0 saturated carbocycles. The zero-order chi connectivity index (χ0) is 21.1. The SMILES string of the molecule is COc1ccc(C(=O)N2CCSC23CCN(C(=O)Nc2ccc(Br)cc2)CC3)cc1. The van der Waals surface area contributed by atoms with Crippen LogP contribution in [0.25, 0.3) is 0 Å². The Balaban J connectivity index is 1.40. The van der Waals surface area contributed by atoms with Crippen LogP contribution in [-0.2, 0) is 0 Å². The average Bonchev–Trinajstić information content (AvgIpc) is 3.18. The Morgan fingerprint density at radius 1 is 1.03 bits per heavy atom. The Morgan fingerprint density at radius 2 is 1.70 bits per heavy atom. The molecule has 0 bridgehead atoms. The van der Waals surface area contributed by atoms with Gasteiger partial charge in [0.25, 0.3) is 5.91 Å². The van der Waals surface area contributed by atoms with E-state index in [-0.39, 0.29) is 16.8 Å². The third kappa shape index (κ3) is 4.30. The van der Waals surface area contributed by atoms with E-state index in [9.17, 15) is 9.59 Å². The molecule has 1 spiro atoms. The maximum atomic E-state index is 13.2. The number of carbonyl (C=O) groups is 2. The molecule has 0 unspecified atom stereocenters. The van der Waals surface area contributed by atoms with Crippen LogP contribution in [0.4, 0.5) is 10.5 Å². The van der Waals surface area contributed by atoms with Crippen LogP contribution in [0.1, 0.15) is 23.2 Å². The Morgan fingerprint density at radius 3 is 2.33 bits per heavy atom. The monoisotopic (exact) mass is 489 g/mol. The molecule has 2 aromatic carbocycles. The Kier molecular flexibility index (Phi) is 6.24. The number of thioether (sulfide) groups is 1. The molecule has 0 aromatic heterocycles. The number of ether oxygens (including phenoxy) is 1. The van der Waals surface area contributed by atoms with Gasteiger partial charge in [-0.05, 0) is 61.4 Å². The summed E-state index contributed by atoms with van der Waals surface area (Å²) in [6.07, 6.45) is 1.54. The van der Waals surface area contributed by atoms with E-state index in [4.69, 9.17) is 4.74 Å². The predicted octanol–water partition coefficient (Wildman–Crippen LogP) is 4.67. The first-order valence-corrected chi connectivity index (χ1v) is 11.7. The van der Waals surface area contributed by atoms with E-state index in [0.29, 0.717) is 18.7 Å². The molecule has 30 heavy (non-hydrogen) atoms. The van der Waals surface area contributed by atoms with Crippen LogP contribution in [0.15, 0.2) is 53.0 Å². The molecule has 1 N–H and O–H groups in total. The lowest BCUT2D eigenvalue weighted by molar-refractivity contribution is 0.0585. The number of halogens is 1. The van der Waals surface area contributed by atoms with Gasteiger partial charge in [0, 0.05) is 41.1 Å². The maximum Gasteiger partial charge on any atom is 0.321 e. The lowest BCUT2D eigenvalue weighted by atomic mass is 10.0. The van der Waals surface area contributed by atoms with Gasteiger partial charge in [-0.1, -0.05) is 15.9 Å². The summed E-state index contributed by atoms with van der Waals surface area (Å²) < 4.78 is 6.16. The van der Waals surface area contributed by atoms with Gasteiger partial charge in [-0.15, -0.1) is 11.8 Å². The smallest absolute Gasteiger partial charge is 0.321 e. The van der Waals surface area contributed by atoms with Crippen LogP contribution >= 0.6 is 27.7 Å². The minimum atomic E-state index is -0.231. The summed E-state index contributed by atoms with van der Waals surface area (Å²) in [4.78, 5) is 29.4. The average molecular weight is 490 g/mol. The third-order valence-electron chi connectivity index (χ3n) is 5.69. The van der Waals surface area contributed by atoms with E-state index in [1.165, 1.54) is 0 Å². The molecule has 8 heteroatoms. The molecule has 158 valence electrons. The normalized spacial score (nSPS) is 17.8. The highest BCUT2D eigenvalue weighted by Gasteiger charge is 2.47. The van der Waals surface area contributed by atoms with E-state index in [2.05, 4.69) is 21.2 Å². The largest absolute Gasteiger partial charge is 0.497 e. The van der Waals surface area contributed by atoms with Gasteiger partial charge in [-0.3, -0.25) is 4.79 Å². The van der Waals surface area contributed by atoms with Gasteiger partial charge in [0.15, 0.2) is 0 Å². The molecule has 2 heterocycles. The number of hydrogen-bond acceptors (Lipinski definition) is 4. The molecule has 0 aliphatic carbocycles. The van der Waals surface area contributed by atoms with Crippen LogP contribution in [0.5, 0.6) is 5.75 Å². The quantitative estimate of drug-likeness (QED) is 0.680. The Bertz CT molecular complexity index is 912. The second-order valence-corrected chi connectivity index (χ2v) is 9.78. The Hall–Kier alpha value is -2.19. The second kappa shape index (κ2) is 8.89. The zero-order valence-corrected chi connectivity index (χ0v) is 19.2. The summed E-state index contributed by atoms with van der Waals surface area (Å²) in [5, 5.41) is 2.96. The molecule has 4 rings (SSSR count). The fraction of sp³-hybridized carbons (Fsp3) is 0.364. The number of benzene rings is 2. The van der Waals surface area contributed by atoms with Gasteiger partial charge in [0.1, 0.15) is 5.75 Å². The van der Waals surface area contributed by atoms with Gasteiger partial charge < -0.3 is 19.9 Å². The summed E-state index contributed by atoms with van der Waals surface area (Å²) in [7, 11) is 1.61. The zero-order valence-electron chi connectivity index (χ0n) is 16.8. The van der Waals surface area contributed by atoms with Crippen molar-refractivity contribution in [2.75, 3.05) is 37.8 Å². The number of nitrogens with one attached hydrogen (secondary N) is 1. The molecular formula is C22H24BrN3O3S. The number of anilines is 1. The second-order valence-electron chi connectivity index (χ2n) is 7.40. The summed E-state index contributed by atoms with van der Waals surface area (Å²) in [6.45, 7) is 1.99. The number of carbonyl (C=O) groups excluding carboxylic acids is 2. The van der Waals surface area contributed by atoms with Crippen molar-refractivity contribution in [2.45, 2.75) is 17.7 Å². The van der Waals surface area contributed by atoms with Crippen molar-refractivity contribution in [3.05, 3.63) is 58.6 Å². The van der Waals surface area contributed by atoms with Crippen LogP contribution in [0.2, 0.25) is 0 Å². The van der Waals surface area contributed by atoms with E-state index in [1.807, 2.05) is 70.1 Å². The standard InChI is InChI=1S/C22H24BrN3O3S/c1-29-19-8-2-16(3-9-19)20(27)26-14-15-30-22(26)10-12-25(13-11-22)21(28)24-18-6-4-17(23)5-7-18/h2-9H,10-15H2,1H3,(H,24,28). The first kappa shape index (κ1) is 21.1. The summed E-state index contributed by atoms with van der Waals surface area (Å²) >= 11 is 5.24. The van der Waals surface area contributed by atoms with E-state index < -0.39 is 0 Å². The lowest BCUT2D eigenvalue weighted by Crippen LogP contribution is -2.54. The number of piperidine rings is 1. The van der Waals surface area contributed by atoms with Crippen LogP contribution in [0.3, 0.4) is 0 Å². The molecule has 2 aromatic rings. The topological polar surface area (TPSA) is 61.9 Å². The van der Waals surface area contributed by atoms with Gasteiger partial charge in [-0.2, -0.15) is 0 Å². The maximum absolute atomic E-state index is 13.2. The number of hydrogen-bond donors (Lipinski definition) is 1. The molecular weight excluding hydrogens is 466 g/mol. The van der Waals surface area contributed by atoms with Gasteiger partial charge in [-0.25, -0.2) is 4.79 Å². The number of rotatable bonds is 3. The molecule has 6 nitrogen and oxygen atoms in total. The minimum absolute atomic E-state index is 0.0513. The van der Waals surface area contributed by atoms with Crippen LogP contribution in [0, 0.1) is 0 Å². The van der Waals surface area contributed by atoms with Crippen molar-refractivity contribution in [1.29, 1.82) is 0 Å². The van der Waals surface area contributed by atoms with E-state index >= 15 is 0 Å². The molecule has 2 aliphatic heterocycles. The molecule has 2 aliphatic rings. The molecule has 0 atom stereocenters. The number of urea groups is 1. The fourth-order valence-corrected chi connectivity index (χ4v) is 5.71. The van der Waals surface area contributed by atoms with E-state index in [1.54, 1.807) is 7.11 Å². The minimum Gasteiger partial charge on any atom is -0.497 e. The molecule has 0 radical (unpaired) electrons. The third-order valence-corrected chi connectivity index (χ3v) is 7.77. The first-order valence-electron chi connectivity index (χ1n) is 9.92. The van der Waals surface area contributed by atoms with Gasteiger partial charge in [0.05, 0.1) is 12.0 Å². The van der Waals surface area contributed by atoms with Crippen molar-refractivity contribution in [1.82, 2.24) is 9.80 Å². The highest BCUT2D eigenvalue weighted by Crippen LogP contribution is 2.44. The number of likely N-dealkylation sites (tertiary alicyclic amines) is 1. The fourth-order valence-electron chi connectivity index (χ4n) is 3.99. The summed E-state index contributed by atoms with van der Waals surface area (Å²) in [6, 6.07) is 14.7. The van der Waals surface area contributed by atoms with Crippen LogP contribution < -0.4 is 10.1 Å². The van der Waals surface area contributed by atoms with Crippen molar-refractivity contribution in [2.24, 2.45) is 0 Å². The number of amides is 3. The van der Waals surface area contributed by atoms with Crippen molar-refractivity contribution in [3.8, 4) is 5.75 Å². The van der Waals surface area contributed by atoms with Gasteiger partial charge in [0.2, 0.25) is 0 Å². The van der Waals surface area contributed by atoms with Gasteiger partial charge >= 0.3 is 6.03 Å². The highest BCUT2D eigenvalue weighted by molar-refractivity contribution is 9.10. The van der Waals surface area contributed by atoms with Crippen molar-refractivity contribution in [3.63, 3.8) is 0 Å². The van der Waals surface area contributed by atoms with Crippen molar-refractivity contribution < 1.29 is 14.3 Å². The summed E-state index contributed by atoms with van der Waals surface area (Å²) in [5.41, 5.74) is 1.45. The number of nitrogens with zero attached hydrogens (tertiary/aromatic N) is 2. The van der Waals surface area contributed by atoms with Crippen LogP contribution in [-0.4, -0.2) is 59.1 Å². The highest BCUT2D eigenvalue weighted by atomic mass is 79.9. The van der Waals surface area contributed by atoms with Crippen molar-refractivity contribution >= 4 is 45.3 Å². The molecule has 2 saturated heterocycles. The summed E-state index contributed by atoms with van der Waals surface area (Å²) in [5.74, 6) is 1.71. The first-order chi connectivity index (χ1) is 14.5. The van der Waals surface area contributed by atoms with E-state index in [0.717, 1.165) is 41.0 Å². The number of methoxy groups -OCH3 is 1.